The Balaban J connectivity index is 2.67. The Morgan fingerprint density at radius 2 is 1.85 bits per heavy atom. The molecule has 2 aromatic rings. The number of nitrogens with zero attached hydrogens (tertiary/aromatic N) is 3. The van der Waals surface area contributed by atoms with Gasteiger partial charge in [-0.15, -0.1) is 5.10 Å². The summed E-state index contributed by atoms with van der Waals surface area (Å²) in [5, 5.41) is 17.0. The Labute approximate surface area is 125 Å². The van der Waals surface area contributed by atoms with E-state index in [2.05, 4.69) is 26.2 Å². The van der Waals surface area contributed by atoms with Gasteiger partial charge in [0, 0.05) is 4.47 Å². The molecule has 0 fully saturated rings. The van der Waals surface area contributed by atoms with Gasteiger partial charge in [0.2, 0.25) is 0 Å². The first-order valence-corrected chi connectivity index (χ1v) is 7.08. The number of carboxylic acid groups (broad SMARTS) is 1. The second-order valence-electron chi connectivity index (χ2n) is 5.09. The van der Waals surface area contributed by atoms with Crippen molar-refractivity contribution >= 4 is 21.9 Å². The first-order chi connectivity index (χ1) is 9.32. The Hall–Kier alpha value is -1.69. The zero-order valence-electron chi connectivity index (χ0n) is 11.8. The summed E-state index contributed by atoms with van der Waals surface area (Å²) in [6.45, 7) is 7.84. The highest BCUT2D eigenvalue weighted by Gasteiger charge is 2.22. The van der Waals surface area contributed by atoms with Gasteiger partial charge in [-0.3, -0.25) is 0 Å². The molecular weight excluding hydrogens is 322 g/mol. The number of carboxylic acids is 1. The lowest BCUT2D eigenvalue weighted by Crippen LogP contribution is -2.09. The molecule has 5 nitrogen and oxygen atoms in total. The summed E-state index contributed by atoms with van der Waals surface area (Å²) >= 11 is 3.52. The van der Waals surface area contributed by atoms with E-state index < -0.39 is 5.97 Å². The van der Waals surface area contributed by atoms with Crippen LogP contribution in [0.3, 0.4) is 0 Å². The van der Waals surface area contributed by atoms with Gasteiger partial charge in [-0.25, -0.2) is 9.48 Å². The second kappa shape index (κ2) is 5.36. The van der Waals surface area contributed by atoms with Crippen molar-refractivity contribution in [1.82, 2.24) is 15.0 Å². The van der Waals surface area contributed by atoms with Crippen molar-refractivity contribution in [1.29, 1.82) is 0 Å². The van der Waals surface area contributed by atoms with Crippen molar-refractivity contribution < 1.29 is 9.90 Å². The van der Waals surface area contributed by atoms with Crippen LogP contribution in [0.4, 0.5) is 0 Å². The molecule has 6 heteroatoms. The largest absolute Gasteiger partial charge is 0.476 e. The van der Waals surface area contributed by atoms with Crippen LogP contribution >= 0.6 is 15.9 Å². The third-order valence-corrected chi connectivity index (χ3v) is 4.37. The van der Waals surface area contributed by atoms with Crippen molar-refractivity contribution in [2.24, 2.45) is 0 Å². The molecule has 0 spiro atoms. The van der Waals surface area contributed by atoms with Gasteiger partial charge in [0.05, 0.1) is 11.4 Å². The predicted octanol–water partition coefficient (Wildman–Crippen LogP) is 3.47. The molecule has 0 aliphatic carbocycles. The summed E-state index contributed by atoms with van der Waals surface area (Å²) in [5.74, 6) is -1.04. The number of aromatic nitrogens is 3. The predicted molar refractivity (Wildman–Crippen MR) is 79.6 cm³/mol. The highest BCUT2D eigenvalue weighted by molar-refractivity contribution is 9.10. The standard InChI is InChI=1S/C14H16BrN3O2/c1-7(2)13-12(14(19)20)16-17-18(13)10-5-8(3)11(15)9(4)6-10/h5-7H,1-4H3,(H,19,20). The van der Waals surface area contributed by atoms with E-state index in [4.69, 9.17) is 0 Å². The number of benzene rings is 1. The van der Waals surface area contributed by atoms with Gasteiger partial charge in [-0.1, -0.05) is 35.0 Å². The number of hydrogen-bond donors (Lipinski definition) is 1. The summed E-state index contributed by atoms with van der Waals surface area (Å²) in [5.41, 5.74) is 3.59. The fourth-order valence-electron chi connectivity index (χ4n) is 2.20. The van der Waals surface area contributed by atoms with Crippen molar-refractivity contribution in [2.75, 3.05) is 0 Å². The molecule has 0 radical (unpaired) electrons. The summed E-state index contributed by atoms with van der Waals surface area (Å²) in [4.78, 5) is 11.2. The van der Waals surface area contributed by atoms with Crippen molar-refractivity contribution in [2.45, 2.75) is 33.6 Å². The molecule has 0 aliphatic heterocycles. The molecule has 0 atom stereocenters. The van der Waals surface area contributed by atoms with E-state index >= 15 is 0 Å². The first-order valence-electron chi connectivity index (χ1n) is 6.29. The maximum Gasteiger partial charge on any atom is 0.358 e. The number of hydrogen-bond acceptors (Lipinski definition) is 3. The number of aromatic carboxylic acids is 1. The average Bonchev–Trinajstić information content (AvgIpc) is 2.80. The van der Waals surface area contributed by atoms with E-state index in [0.717, 1.165) is 21.3 Å². The van der Waals surface area contributed by atoms with Gasteiger partial charge in [0.25, 0.3) is 0 Å². The lowest BCUT2D eigenvalue weighted by molar-refractivity contribution is 0.0688. The zero-order chi connectivity index (χ0) is 15.0. The third kappa shape index (κ3) is 2.47. The van der Waals surface area contributed by atoms with Gasteiger partial charge >= 0.3 is 5.97 Å². The minimum atomic E-state index is -1.05. The Morgan fingerprint density at radius 3 is 2.30 bits per heavy atom. The SMILES string of the molecule is Cc1cc(-n2nnc(C(=O)O)c2C(C)C)cc(C)c1Br. The summed E-state index contributed by atoms with van der Waals surface area (Å²) in [6, 6.07) is 3.92. The highest BCUT2D eigenvalue weighted by Crippen LogP contribution is 2.27. The molecule has 106 valence electrons. The van der Waals surface area contributed by atoms with Crippen molar-refractivity contribution in [3.63, 3.8) is 0 Å². The monoisotopic (exact) mass is 337 g/mol. The molecule has 2 rings (SSSR count). The Morgan fingerprint density at radius 1 is 1.30 bits per heavy atom. The Kier molecular flexibility index (Phi) is 3.94. The van der Waals surface area contributed by atoms with Crippen LogP contribution in [0.5, 0.6) is 0 Å². The maximum absolute atomic E-state index is 11.2. The number of aryl methyl sites for hydroxylation is 2. The fourth-order valence-corrected chi connectivity index (χ4v) is 2.42. The van der Waals surface area contributed by atoms with Crippen molar-refractivity contribution in [3.05, 3.63) is 39.1 Å². The number of carbonyl (C=O) groups is 1. The van der Waals surface area contributed by atoms with E-state index in [1.807, 2.05) is 39.8 Å². The van der Waals surface area contributed by atoms with Crippen molar-refractivity contribution in [3.8, 4) is 5.69 Å². The second-order valence-corrected chi connectivity index (χ2v) is 5.88. The first kappa shape index (κ1) is 14.7. The zero-order valence-corrected chi connectivity index (χ0v) is 13.4. The van der Waals surface area contributed by atoms with Crippen LogP contribution in [0.1, 0.15) is 47.1 Å². The minimum Gasteiger partial charge on any atom is -0.476 e. The smallest absolute Gasteiger partial charge is 0.358 e. The van der Waals surface area contributed by atoms with Crippen LogP contribution in [0.15, 0.2) is 16.6 Å². The summed E-state index contributed by atoms with van der Waals surface area (Å²) in [6.07, 6.45) is 0. The molecule has 0 saturated heterocycles. The summed E-state index contributed by atoms with van der Waals surface area (Å²) in [7, 11) is 0. The van der Waals surface area contributed by atoms with Crippen LogP contribution in [0, 0.1) is 13.8 Å². The van der Waals surface area contributed by atoms with Gasteiger partial charge in [-0.05, 0) is 43.0 Å². The average molecular weight is 338 g/mol. The van der Waals surface area contributed by atoms with Crippen LogP contribution in [-0.4, -0.2) is 26.1 Å². The van der Waals surface area contributed by atoms with Crippen LogP contribution < -0.4 is 0 Å². The van der Waals surface area contributed by atoms with Crippen LogP contribution in [0.2, 0.25) is 0 Å². The molecule has 1 aromatic heterocycles. The van der Waals surface area contributed by atoms with Gasteiger partial charge in [0.1, 0.15) is 0 Å². The molecule has 1 aromatic carbocycles. The van der Waals surface area contributed by atoms with E-state index in [1.165, 1.54) is 0 Å². The highest BCUT2D eigenvalue weighted by atomic mass is 79.9. The number of halogens is 1. The van der Waals surface area contributed by atoms with Crippen LogP contribution in [0.25, 0.3) is 5.69 Å². The molecule has 1 N–H and O–H groups in total. The molecule has 1 heterocycles. The van der Waals surface area contributed by atoms with Gasteiger partial charge < -0.3 is 5.11 Å². The fraction of sp³-hybridized carbons (Fsp3) is 0.357. The molecule has 0 bridgehead atoms. The normalized spacial score (nSPS) is 11.1. The molecule has 0 amide bonds. The van der Waals surface area contributed by atoms with E-state index in [9.17, 15) is 9.90 Å². The molecule has 20 heavy (non-hydrogen) atoms. The van der Waals surface area contributed by atoms with Gasteiger partial charge in [-0.2, -0.15) is 0 Å². The third-order valence-electron chi connectivity index (χ3n) is 3.12. The molecule has 0 unspecified atom stereocenters. The molecule has 0 saturated carbocycles. The minimum absolute atomic E-state index is 0.0122. The maximum atomic E-state index is 11.2. The van der Waals surface area contributed by atoms with E-state index in [-0.39, 0.29) is 11.6 Å². The van der Waals surface area contributed by atoms with E-state index in [1.54, 1.807) is 4.68 Å². The topological polar surface area (TPSA) is 68.0 Å². The molecule has 0 aliphatic rings. The lowest BCUT2D eigenvalue weighted by atomic mass is 10.1. The van der Waals surface area contributed by atoms with Crippen LogP contribution in [-0.2, 0) is 0 Å². The molecular formula is C14H16BrN3O2. The van der Waals surface area contributed by atoms with Gasteiger partial charge in [0.15, 0.2) is 5.69 Å². The lowest BCUT2D eigenvalue weighted by Gasteiger charge is -2.12. The summed E-state index contributed by atoms with van der Waals surface area (Å²) < 4.78 is 2.66. The number of rotatable bonds is 3. The Bertz CT molecular complexity index is 654. The van der Waals surface area contributed by atoms with E-state index in [0.29, 0.717) is 5.69 Å². The quantitative estimate of drug-likeness (QED) is 0.930.